The lowest BCUT2D eigenvalue weighted by Crippen LogP contribution is -2.35. The van der Waals surface area contributed by atoms with Gasteiger partial charge < -0.3 is 10.2 Å². The highest BCUT2D eigenvalue weighted by Gasteiger charge is 2.18. The van der Waals surface area contributed by atoms with Crippen molar-refractivity contribution < 1.29 is 4.79 Å². The molecule has 1 fully saturated rings. The van der Waals surface area contributed by atoms with Crippen molar-refractivity contribution in [2.75, 3.05) is 18.4 Å². The number of amides is 1. The fourth-order valence-corrected chi connectivity index (χ4v) is 3.16. The van der Waals surface area contributed by atoms with E-state index in [0.717, 1.165) is 42.1 Å². The van der Waals surface area contributed by atoms with Crippen molar-refractivity contribution in [2.24, 2.45) is 0 Å². The zero-order chi connectivity index (χ0) is 16.9. The van der Waals surface area contributed by atoms with Crippen LogP contribution < -0.4 is 5.32 Å². The number of pyridine rings is 1. The van der Waals surface area contributed by atoms with Gasteiger partial charge in [0, 0.05) is 36.4 Å². The average molecular weight is 344 g/mol. The van der Waals surface area contributed by atoms with Crippen LogP contribution >= 0.6 is 11.6 Å². The first kappa shape index (κ1) is 16.8. The van der Waals surface area contributed by atoms with Crippen LogP contribution in [0.5, 0.6) is 0 Å². The maximum Gasteiger partial charge on any atom is 0.254 e. The Kier molecular flexibility index (Phi) is 5.36. The molecule has 1 saturated heterocycles. The molecule has 4 nitrogen and oxygen atoms in total. The molecule has 1 amide bonds. The molecular formula is C19H22ClN3O. The Morgan fingerprint density at radius 1 is 1.25 bits per heavy atom. The second-order valence-corrected chi connectivity index (χ2v) is 6.57. The lowest BCUT2D eigenvalue weighted by atomic mass is 10.1. The Balaban J connectivity index is 1.69. The van der Waals surface area contributed by atoms with Crippen LogP contribution in [0.2, 0.25) is 5.02 Å². The molecule has 24 heavy (non-hydrogen) atoms. The van der Waals surface area contributed by atoms with Gasteiger partial charge in [-0.25, -0.2) is 4.98 Å². The zero-order valence-electron chi connectivity index (χ0n) is 13.9. The molecule has 3 rings (SSSR count). The molecular weight excluding hydrogens is 322 g/mol. The predicted octanol–water partition coefficient (Wildman–Crippen LogP) is 4.28. The van der Waals surface area contributed by atoms with Crippen LogP contribution in [0.3, 0.4) is 0 Å². The van der Waals surface area contributed by atoms with Gasteiger partial charge >= 0.3 is 0 Å². The number of carbonyl (C=O) groups excluding carboxylic acids is 1. The van der Waals surface area contributed by atoms with E-state index in [2.05, 4.69) is 10.3 Å². The molecule has 2 aromatic rings. The molecule has 1 aliphatic rings. The van der Waals surface area contributed by atoms with E-state index in [9.17, 15) is 4.79 Å². The lowest BCUT2D eigenvalue weighted by molar-refractivity contribution is 0.0724. The fraction of sp³-hybridized carbons (Fsp3) is 0.368. The van der Waals surface area contributed by atoms with Crippen molar-refractivity contribution in [3.63, 3.8) is 0 Å². The highest BCUT2D eigenvalue weighted by molar-refractivity contribution is 6.31. The van der Waals surface area contributed by atoms with Gasteiger partial charge in [-0.15, -0.1) is 0 Å². The third-order valence-electron chi connectivity index (χ3n) is 4.49. The predicted molar refractivity (Wildman–Crippen MR) is 97.5 cm³/mol. The number of nitrogens with zero attached hydrogens (tertiary/aromatic N) is 2. The van der Waals surface area contributed by atoms with Gasteiger partial charge in [0.25, 0.3) is 5.91 Å². The van der Waals surface area contributed by atoms with Gasteiger partial charge in [0.05, 0.1) is 0 Å². The van der Waals surface area contributed by atoms with Crippen LogP contribution in [-0.4, -0.2) is 28.9 Å². The molecule has 1 aromatic carbocycles. The van der Waals surface area contributed by atoms with Crippen molar-refractivity contribution in [3.8, 4) is 0 Å². The van der Waals surface area contributed by atoms with E-state index in [1.165, 1.54) is 6.42 Å². The van der Waals surface area contributed by atoms with E-state index in [1.807, 2.05) is 36.1 Å². The minimum absolute atomic E-state index is 0.0964. The van der Waals surface area contributed by atoms with Gasteiger partial charge in [-0.2, -0.15) is 0 Å². The maximum absolute atomic E-state index is 12.6. The van der Waals surface area contributed by atoms with Crippen molar-refractivity contribution in [1.29, 1.82) is 0 Å². The molecule has 0 atom stereocenters. The first-order valence-corrected chi connectivity index (χ1v) is 8.76. The molecule has 1 aliphatic heterocycles. The highest BCUT2D eigenvalue weighted by atomic mass is 35.5. The van der Waals surface area contributed by atoms with Crippen molar-refractivity contribution in [3.05, 3.63) is 58.2 Å². The average Bonchev–Trinajstić information content (AvgIpc) is 2.63. The molecule has 1 N–H and O–H groups in total. The van der Waals surface area contributed by atoms with Crippen molar-refractivity contribution in [2.45, 2.75) is 32.7 Å². The van der Waals surface area contributed by atoms with E-state index in [1.54, 1.807) is 12.3 Å². The zero-order valence-corrected chi connectivity index (χ0v) is 14.6. The quantitative estimate of drug-likeness (QED) is 0.901. The van der Waals surface area contributed by atoms with Crippen LogP contribution in [0.1, 0.15) is 40.7 Å². The smallest absolute Gasteiger partial charge is 0.254 e. The van der Waals surface area contributed by atoms with Gasteiger partial charge in [-0.05, 0) is 55.5 Å². The summed E-state index contributed by atoms with van der Waals surface area (Å²) >= 11 is 6.15. The summed E-state index contributed by atoms with van der Waals surface area (Å²) < 4.78 is 0. The number of hydrogen-bond donors (Lipinski definition) is 1. The Bertz CT molecular complexity index is 726. The SMILES string of the molecule is Cc1c(Cl)cccc1CNc1cc(C(=O)N2CCCCC2)ccn1. The molecule has 0 saturated carbocycles. The number of likely N-dealkylation sites (tertiary alicyclic amines) is 1. The first-order chi connectivity index (χ1) is 11.6. The third kappa shape index (κ3) is 3.88. The number of carbonyl (C=O) groups is 1. The Labute approximate surface area is 147 Å². The number of aromatic nitrogens is 1. The van der Waals surface area contributed by atoms with Crippen LogP contribution in [0.15, 0.2) is 36.5 Å². The van der Waals surface area contributed by atoms with Crippen LogP contribution in [-0.2, 0) is 6.54 Å². The number of nitrogens with one attached hydrogen (secondary N) is 1. The molecule has 2 heterocycles. The summed E-state index contributed by atoms with van der Waals surface area (Å²) in [4.78, 5) is 18.8. The number of anilines is 1. The topological polar surface area (TPSA) is 45.2 Å². The van der Waals surface area contributed by atoms with Crippen molar-refractivity contribution in [1.82, 2.24) is 9.88 Å². The molecule has 126 valence electrons. The molecule has 0 spiro atoms. The van der Waals surface area contributed by atoms with E-state index in [-0.39, 0.29) is 5.91 Å². The molecule has 1 aromatic heterocycles. The summed E-state index contributed by atoms with van der Waals surface area (Å²) in [6, 6.07) is 9.48. The first-order valence-electron chi connectivity index (χ1n) is 8.38. The lowest BCUT2D eigenvalue weighted by Gasteiger charge is -2.26. The van der Waals surface area contributed by atoms with Crippen LogP contribution in [0.4, 0.5) is 5.82 Å². The summed E-state index contributed by atoms with van der Waals surface area (Å²) in [6.07, 6.45) is 5.09. The fourth-order valence-electron chi connectivity index (χ4n) is 2.97. The summed E-state index contributed by atoms with van der Waals surface area (Å²) in [5, 5.41) is 4.05. The standard InChI is InChI=1S/C19H22ClN3O/c1-14-16(6-5-7-17(14)20)13-22-18-12-15(8-9-21-18)19(24)23-10-3-2-4-11-23/h5-9,12H,2-4,10-11,13H2,1H3,(H,21,22). The Morgan fingerprint density at radius 2 is 2.04 bits per heavy atom. The second kappa shape index (κ2) is 7.67. The molecule has 0 unspecified atom stereocenters. The minimum atomic E-state index is 0.0964. The van der Waals surface area contributed by atoms with Gasteiger partial charge in [0.15, 0.2) is 0 Å². The molecule has 0 bridgehead atoms. The van der Waals surface area contributed by atoms with E-state index < -0.39 is 0 Å². The molecule has 5 heteroatoms. The highest BCUT2D eigenvalue weighted by Crippen LogP contribution is 2.20. The van der Waals surface area contributed by atoms with Gasteiger partial charge in [-0.3, -0.25) is 4.79 Å². The number of halogens is 1. The maximum atomic E-state index is 12.6. The number of hydrogen-bond acceptors (Lipinski definition) is 3. The Hall–Kier alpha value is -2.07. The Morgan fingerprint density at radius 3 is 2.83 bits per heavy atom. The van der Waals surface area contributed by atoms with Gasteiger partial charge in [0.2, 0.25) is 0 Å². The van der Waals surface area contributed by atoms with E-state index in [0.29, 0.717) is 17.9 Å². The van der Waals surface area contributed by atoms with Gasteiger partial charge in [-0.1, -0.05) is 23.7 Å². The molecule has 0 aliphatic carbocycles. The summed E-state index contributed by atoms with van der Waals surface area (Å²) in [5.41, 5.74) is 2.88. The minimum Gasteiger partial charge on any atom is -0.366 e. The van der Waals surface area contributed by atoms with E-state index in [4.69, 9.17) is 11.6 Å². The van der Waals surface area contributed by atoms with Crippen LogP contribution in [0, 0.1) is 6.92 Å². The second-order valence-electron chi connectivity index (χ2n) is 6.16. The third-order valence-corrected chi connectivity index (χ3v) is 4.90. The number of piperidine rings is 1. The number of benzene rings is 1. The summed E-state index contributed by atoms with van der Waals surface area (Å²) in [7, 11) is 0. The normalized spacial score (nSPS) is 14.5. The monoisotopic (exact) mass is 343 g/mol. The van der Waals surface area contributed by atoms with Crippen molar-refractivity contribution >= 4 is 23.3 Å². The van der Waals surface area contributed by atoms with Gasteiger partial charge in [0.1, 0.15) is 5.82 Å². The van der Waals surface area contributed by atoms with E-state index >= 15 is 0 Å². The van der Waals surface area contributed by atoms with Crippen LogP contribution in [0.25, 0.3) is 0 Å². The largest absolute Gasteiger partial charge is 0.366 e. The number of rotatable bonds is 4. The summed E-state index contributed by atoms with van der Waals surface area (Å²) in [6.45, 7) is 4.33. The summed E-state index contributed by atoms with van der Waals surface area (Å²) in [5.74, 6) is 0.802. The molecule has 0 radical (unpaired) electrons.